The van der Waals surface area contributed by atoms with Crippen molar-refractivity contribution in [1.82, 2.24) is 9.62 Å². The van der Waals surface area contributed by atoms with Crippen molar-refractivity contribution in [2.24, 2.45) is 5.92 Å². The van der Waals surface area contributed by atoms with Crippen LogP contribution in [0.15, 0.2) is 47.4 Å². The molecule has 8 nitrogen and oxygen atoms in total. The third kappa shape index (κ3) is 4.30. The van der Waals surface area contributed by atoms with Crippen LogP contribution in [0.1, 0.15) is 36.4 Å². The minimum atomic E-state index is -3.91. The number of carbonyl (C=O) groups excluding carboxylic acids is 1. The highest BCUT2D eigenvalue weighted by atomic mass is 35.5. The predicted molar refractivity (Wildman–Crippen MR) is 115 cm³/mol. The van der Waals surface area contributed by atoms with E-state index in [1.54, 1.807) is 0 Å². The average molecular weight is 464 g/mol. The first-order valence-electron chi connectivity index (χ1n) is 10.1. The molecule has 1 atom stereocenters. The first kappa shape index (κ1) is 21.7. The van der Waals surface area contributed by atoms with Gasteiger partial charge in [-0.25, -0.2) is 8.42 Å². The number of hydrogen-bond acceptors (Lipinski definition) is 5. The minimum Gasteiger partial charge on any atom is -0.349 e. The van der Waals surface area contributed by atoms with Crippen LogP contribution in [0.2, 0.25) is 5.02 Å². The van der Waals surface area contributed by atoms with E-state index >= 15 is 0 Å². The van der Waals surface area contributed by atoms with Crippen molar-refractivity contribution in [2.45, 2.75) is 36.6 Å². The Labute approximate surface area is 185 Å². The molecule has 2 aliphatic rings. The number of halogens is 1. The van der Waals surface area contributed by atoms with E-state index in [0.29, 0.717) is 12.8 Å². The lowest BCUT2D eigenvalue weighted by atomic mass is 9.96. The number of fused-ring (bicyclic) bond motifs is 1. The molecule has 1 saturated heterocycles. The molecule has 2 aromatic rings. The topological polar surface area (TPSA) is 110 Å². The van der Waals surface area contributed by atoms with Gasteiger partial charge in [0.15, 0.2) is 0 Å². The summed E-state index contributed by atoms with van der Waals surface area (Å²) >= 11 is 5.79. The van der Waals surface area contributed by atoms with Crippen molar-refractivity contribution in [3.05, 3.63) is 68.7 Å². The Morgan fingerprint density at radius 1 is 1.13 bits per heavy atom. The van der Waals surface area contributed by atoms with Crippen LogP contribution in [-0.4, -0.2) is 36.6 Å². The van der Waals surface area contributed by atoms with E-state index in [0.717, 1.165) is 24.5 Å². The van der Waals surface area contributed by atoms with E-state index < -0.39 is 20.6 Å². The smallest absolute Gasteiger partial charge is 0.289 e. The SMILES string of the molecule is O=C(NC1CCc2ccccc21)C1CCN(S(=O)(=O)c2ccc(Cl)c([N+](=O)[O-])c2)CC1. The number of benzene rings is 2. The number of nitro groups is 1. The Hall–Kier alpha value is -2.49. The number of nitrogens with zero attached hydrogens (tertiary/aromatic N) is 2. The van der Waals surface area contributed by atoms with Gasteiger partial charge in [0.25, 0.3) is 5.69 Å². The van der Waals surface area contributed by atoms with Crippen LogP contribution in [0, 0.1) is 16.0 Å². The fourth-order valence-corrected chi connectivity index (χ4v) is 5.97. The van der Waals surface area contributed by atoms with Gasteiger partial charge in [-0.3, -0.25) is 14.9 Å². The lowest BCUT2D eigenvalue weighted by Crippen LogP contribution is -2.43. The van der Waals surface area contributed by atoms with Crippen LogP contribution in [0.25, 0.3) is 0 Å². The van der Waals surface area contributed by atoms with Crippen molar-refractivity contribution in [1.29, 1.82) is 0 Å². The quantitative estimate of drug-likeness (QED) is 0.539. The third-order valence-electron chi connectivity index (χ3n) is 6.03. The second-order valence-electron chi connectivity index (χ2n) is 7.85. The molecule has 164 valence electrons. The standard InChI is InChI=1S/C21H22ClN3O5S/c22-18-7-6-16(13-20(18)25(27)28)31(29,30)24-11-9-15(10-12-24)21(26)23-19-8-5-14-3-1-2-4-17(14)19/h1-4,6-7,13,15,19H,5,8-12H2,(H,23,26). The number of amides is 1. The second kappa shape index (κ2) is 8.57. The number of nitro benzene ring substituents is 1. The van der Waals surface area contributed by atoms with Crippen molar-refractivity contribution in [3.8, 4) is 0 Å². The van der Waals surface area contributed by atoms with Gasteiger partial charge in [0.05, 0.1) is 15.9 Å². The molecule has 0 radical (unpaired) electrons. The number of nitrogens with one attached hydrogen (secondary N) is 1. The van der Waals surface area contributed by atoms with Gasteiger partial charge in [0.2, 0.25) is 15.9 Å². The second-order valence-corrected chi connectivity index (χ2v) is 10.2. The molecule has 1 N–H and O–H groups in total. The summed E-state index contributed by atoms with van der Waals surface area (Å²) in [4.78, 5) is 23.0. The van der Waals surface area contributed by atoms with E-state index in [2.05, 4.69) is 11.4 Å². The molecule has 1 aliphatic heterocycles. The fraction of sp³-hybridized carbons (Fsp3) is 0.381. The summed E-state index contributed by atoms with van der Waals surface area (Å²) in [5, 5.41) is 14.1. The highest BCUT2D eigenvalue weighted by molar-refractivity contribution is 7.89. The first-order valence-corrected chi connectivity index (χ1v) is 11.9. The molecule has 1 heterocycles. The maximum absolute atomic E-state index is 12.9. The van der Waals surface area contributed by atoms with Gasteiger partial charge >= 0.3 is 0 Å². The van der Waals surface area contributed by atoms with Gasteiger partial charge in [-0.05, 0) is 48.9 Å². The van der Waals surface area contributed by atoms with Gasteiger partial charge in [-0.15, -0.1) is 0 Å². The zero-order valence-corrected chi connectivity index (χ0v) is 18.2. The molecule has 0 spiro atoms. The van der Waals surface area contributed by atoms with Crippen LogP contribution in [0.5, 0.6) is 0 Å². The molecular weight excluding hydrogens is 442 g/mol. The number of aryl methyl sites for hydroxylation is 1. The van der Waals surface area contributed by atoms with Crippen LogP contribution in [0.4, 0.5) is 5.69 Å². The average Bonchev–Trinajstić information content (AvgIpc) is 3.16. The minimum absolute atomic E-state index is 0.0000729. The van der Waals surface area contributed by atoms with Crippen molar-refractivity contribution >= 4 is 33.2 Å². The Morgan fingerprint density at radius 2 is 1.84 bits per heavy atom. The zero-order valence-electron chi connectivity index (χ0n) is 16.7. The molecule has 0 saturated carbocycles. The number of piperidine rings is 1. The first-order chi connectivity index (χ1) is 14.8. The molecule has 31 heavy (non-hydrogen) atoms. The molecular formula is C21H22ClN3O5S. The van der Waals surface area contributed by atoms with E-state index in [4.69, 9.17) is 11.6 Å². The highest BCUT2D eigenvalue weighted by Crippen LogP contribution is 2.33. The highest BCUT2D eigenvalue weighted by Gasteiger charge is 2.34. The van der Waals surface area contributed by atoms with Crippen molar-refractivity contribution < 1.29 is 18.1 Å². The Morgan fingerprint density at radius 3 is 2.55 bits per heavy atom. The lowest BCUT2D eigenvalue weighted by Gasteiger charge is -2.31. The molecule has 2 aromatic carbocycles. The lowest BCUT2D eigenvalue weighted by molar-refractivity contribution is -0.384. The van der Waals surface area contributed by atoms with Crippen LogP contribution < -0.4 is 5.32 Å². The third-order valence-corrected chi connectivity index (χ3v) is 8.24. The molecule has 1 aliphatic carbocycles. The molecule has 4 rings (SSSR count). The molecule has 10 heteroatoms. The summed E-state index contributed by atoms with van der Waals surface area (Å²) in [6.45, 7) is 0.357. The number of sulfonamides is 1. The van der Waals surface area contributed by atoms with Gasteiger partial charge in [-0.2, -0.15) is 4.31 Å². The number of hydrogen-bond donors (Lipinski definition) is 1. The Bertz CT molecular complexity index is 1130. The monoisotopic (exact) mass is 463 g/mol. The van der Waals surface area contributed by atoms with Crippen LogP contribution >= 0.6 is 11.6 Å². The van der Waals surface area contributed by atoms with Crippen LogP contribution in [0.3, 0.4) is 0 Å². The summed E-state index contributed by atoms with van der Waals surface area (Å²) in [6.07, 6.45) is 2.60. The predicted octanol–water partition coefficient (Wildman–Crippen LogP) is 3.45. The van der Waals surface area contributed by atoms with Gasteiger partial charge < -0.3 is 5.32 Å². The van der Waals surface area contributed by atoms with Crippen molar-refractivity contribution in [3.63, 3.8) is 0 Å². The molecule has 0 bridgehead atoms. The van der Waals surface area contributed by atoms with Gasteiger partial charge in [0.1, 0.15) is 5.02 Å². The van der Waals surface area contributed by atoms with E-state index in [1.165, 1.54) is 22.0 Å². The maximum atomic E-state index is 12.9. The summed E-state index contributed by atoms with van der Waals surface area (Å²) in [6, 6.07) is 11.5. The molecule has 1 fully saturated rings. The summed E-state index contributed by atoms with van der Waals surface area (Å²) < 4.78 is 27.1. The van der Waals surface area contributed by atoms with E-state index in [1.807, 2.05) is 18.2 Å². The number of rotatable bonds is 5. The number of carbonyl (C=O) groups is 1. The molecule has 1 unspecified atom stereocenters. The largest absolute Gasteiger partial charge is 0.349 e. The summed E-state index contributed by atoms with van der Waals surface area (Å²) in [5.41, 5.74) is 1.96. The molecule has 0 aromatic heterocycles. The normalized spacial score (nSPS) is 19.7. The van der Waals surface area contributed by atoms with E-state index in [-0.39, 0.29) is 40.9 Å². The van der Waals surface area contributed by atoms with Crippen molar-refractivity contribution in [2.75, 3.05) is 13.1 Å². The van der Waals surface area contributed by atoms with E-state index in [9.17, 15) is 23.3 Å². The summed E-state index contributed by atoms with van der Waals surface area (Å²) in [5.74, 6) is -0.320. The zero-order chi connectivity index (χ0) is 22.2. The molecule has 1 amide bonds. The van der Waals surface area contributed by atoms with Crippen LogP contribution in [-0.2, 0) is 21.2 Å². The van der Waals surface area contributed by atoms with Gasteiger partial charge in [0, 0.05) is 25.1 Å². The summed E-state index contributed by atoms with van der Waals surface area (Å²) in [7, 11) is -3.91. The van der Waals surface area contributed by atoms with Gasteiger partial charge in [-0.1, -0.05) is 35.9 Å². The fourth-order valence-electron chi connectivity index (χ4n) is 4.30. The Kier molecular flexibility index (Phi) is 6.00. The maximum Gasteiger partial charge on any atom is 0.289 e. The Balaban J connectivity index is 1.40.